The molecule has 1 aromatic carbocycles. The smallest absolute Gasteiger partial charge is 0.344 e. The molecule has 0 saturated heterocycles. The van der Waals surface area contributed by atoms with E-state index in [-0.39, 0.29) is 25.2 Å². The molecular weight excluding hydrogens is 360 g/mol. The van der Waals surface area contributed by atoms with Gasteiger partial charge in [0.15, 0.2) is 13.2 Å². The normalized spacial score (nSPS) is 14.0. The first-order valence-corrected chi connectivity index (χ1v) is 9.65. The number of carbonyl (C=O) groups is 2. The van der Waals surface area contributed by atoms with Crippen molar-refractivity contribution in [1.82, 2.24) is 10.3 Å². The van der Waals surface area contributed by atoms with Crippen LogP contribution in [-0.4, -0.2) is 36.1 Å². The van der Waals surface area contributed by atoms with Crippen LogP contribution in [0, 0.1) is 6.92 Å². The maximum absolute atomic E-state index is 11.8. The molecule has 0 radical (unpaired) electrons. The molecule has 0 unspecified atom stereocenters. The fourth-order valence-corrected chi connectivity index (χ4v) is 4.36. The molecule has 6 nitrogen and oxygen atoms in total. The van der Waals surface area contributed by atoms with Crippen molar-refractivity contribution in [3.63, 3.8) is 0 Å². The molecule has 2 aromatic heterocycles. The van der Waals surface area contributed by atoms with Gasteiger partial charge in [-0.2, -0.15) is 0 Å². The first kappa shape index (κ1) is 16.3. The van der Waals surface area contributed by atoms with Crippen molar-refractivity contribution in [2.24, 2.45) is 0 Å². The summed E-state index contributed by atoms with van der Waals surface area (Å²) in [4.78, 5) is 27.9. The zero-order chi connectivity index (χ0) is 17.4. The molecule has 4 rings (SSSR count). The van der Waals surface area contributed by atoms with Crippen LogP contribution in [0.3, 0.4) is 0 Å². The highest BCUT2D eigenvalue weighted by molar-refractivity contribution is 7.21. The van der Waals surface area contributed by atoms with Crippen LogP contribution in [0.2, 0.25) is 0 Å². The van der Waals surface area contributed by atoms with E-state index >= 15 is 0 Å². The minimum absolute atomic E-state index is 0.231. The standard InChI is InChI=1S/C17H16N2O4S2/c1-9-18-16-13(25-9)6-12(11-4-5-24-17(11)16)22-8-15(21)23-7-14(20)19-10-2-3-10/h4-6,10H,2-3,7-8H2,1H3,(H,19,20). The molecule has 1 fully saturated rings. The van der Waals surface area contributed by atoms with E-state index in [1.54, 1.807) is 22.7 Å². The molecule has 1 amide bonds. The predicted octanol–water partition coefficient (Wildman–Crippen LogP) is 3.02. The maximum atomic E-state index is 11.8. The number of aryl methyl sites for hydroxylation is 1. The van der Waals surface area contributed by atoms with E-state index in [0.29, 0.717) is 5.75 Å². The molecule has 1 N–H and O–H groups in total. The number of ether oxygens (including phenoxy) is 2. The molecule has 130 valence electrons. The molecule has 0 atom stereocenters. The minimum atomic E-state index is -0.560. The number of thiophene rings is 1. The predicted molar refractivity (Wildman–Crippen MR) is 97.4 cm³/mol. The topological polar surface area (TPSA) is 77.5 Å². The fraction of sp³-hybridized carbons (Fsp3) is 0.353. The van der Waals surface area contributed by atoms with Gasteiger partial charge in [-0.3, -0.25) is 4.79 Å². The summed E-state index contributed by atoms with van der Waals surface area (Å²) in [5, 5.41) is 6.66. The van der Waals surface area contributed by atoms with E-state index in [1.165, 1.54) is 0 Å². The Morgan fingerprint density at radius 1 is 1.36 bits per heavy atom. The molecule has 2 heterocycles. The van der Waals surface area contributed by atoms with Crippen molar-refractivity contribution in [3.05, 3.63) is 22.5 Å². The summed E-state index contributed by atoms with van der Waals surface area (Å²) >= 11 is 3.19. The third-order valence-electron chi connectivity index (χ3n) is 3.82. The van der Waals surface area contributed by atoms with E-state index < -0.39 is 5.97 Å². The highest BCUT2D eigenvalue weighted by atomic mass is 32.1. The summed E-state index contributed by atoms with van der Waals surface area (Å²) < 4.78 is 12.7. The molecule has 1 aliphatic rings. The molecule has 1 aliphatic carbocycles. The third kappa shape index (κ3) is 3.59. The molecule has 25 heavy (non-hydrogen) atoms. The lowest BCUT2D eigenvalue weighted by Crippen LogP contribution is -2.31. The minimum Gasteiger partial charge on any atom is -0.481 e. The second-order valence-corrected chi connectivity index (χ2v) is 8.06. The van der Waals surface area contributed by atoms with Crippen LogP contribution in [0.4, 0.5) is 0 Å². The Hall–Kier alpha value is -2.19. The number of hydrogen-bond donors (Lipinski definition) is 1. The Kier molecular flexibility index (Phi) is 4.30. The largest absolute Gasteiger partial charge is 0.481 e. The number of amides is 1. The van der Waals surface area contributed by atoms with E-state index in [9.17, 15) is 9.59 Å². The number of nitrogens with zero attached hydrogens (tertiary/aromatic N) is 1. The Morgan fingerprint density at radius 3 is 3.00 bits per heavy atom. The van der Waals surface area contributed by atoms with Gasteiger partial charge in [0.2, 0.25) is 0 Å². The maximum Gasteiger partial charge on any atom is 0.344 e. The number of carbonyl (C=O) groups excluding carboxylic acids is 2. The number of hydrogen-bond acceptors (Lipinski definition) is 7. The van der Waals surface area contributed by atoms with Crippen molar-refractivity contribution < 1.29 is 19.1 Å². The molecule has 0 aliphatic heterocycles. The number of thiazole rings is 1. The Morgan fingerprint density at radius 2 is 2.20 bits per heavy atom. The Bertz CT molecular complexity index is 958. The summed E-state index contributed by atoms with van der Waals surface area (Å²) in [6.45, 7) is 1.47. The summed E-state index contributed by atoms with van der Waals surface area (Å²) in [6, 6.07) is 4.11. The van der Waals surface area contributed by atoms with Gasteiger partial charge >= 0.3 is 5.97 Å². The van der Waals surface area contributed by atoms with Crippen LogP contribution in [0.5, 0.6) is 5.75 Å². The van der Waals surface area contributed by atoms with Gasteiger partial charge in [0.1, 0.15) is 5.75 Å². The van der Waals surface area contributed by atoms with Gasteiger partial charge < -0.3 is 14.8 Å². The van der Waals surface area contributed by atoms with Crippen molar-refractivity contribution in [1.29, 1.82) is 0 Å². The van der Waals surface area contributed by atoms with Crippen LogP contribution in [0.25, 0.3) is 20.3 Å². The molecule has 8 heteroatoms. The quantitative estimate of drug-likeness (QED) is 0.669. The van der Waals surface area contributed by atoms with Crippen LogP contribution in [-0.2, 0) is 14.3 Å². The molecule has 0 bridgehead atoms. The van der Waals surface area contributed by atoms with Crippen LogP contribution in [0.1, 0.15) is 17.8 Å². The van der Waals surface area contributed by atoms with Gasteiger partial charge in [-0.05, 0) is 31.2 Å². The highest BCUT2D eigenvalue weighted by Crippen LogP contribution is 2.38. The molecule has 1 saturated carbocycles. The van der Waals surface area contributed by atoms with Crippen molar-refractivity contribution in [2.45, 2.75) is 25.8 Å². The Labute approximate surface area is 151 Å². The van der Waals surface area contributed by atoms with Crippen LogP contribution < -0.4 is 10.1 Å². The number of aromatic nitrogens is 1. The van der Waals surface area contributed by atoms with E-state index in [1.807, 2.05) is 24.4 Å². The number of nitrogens with one attached hydrogen (secondary N) is 1. The average molecular weight is 376 g/mol. The zero-order valence-electron chi connectivity index (χ0n) is 13.5. The molecular formula is C17H16N2O4S2. The summed E-state index contributed by atoms with van der Waals surface area (Å²) in [6.07, 6.45) is 2.00. The van der Waals surface area contributed by atoms with Gasteiger partial charge in [-0.25, -0.2) is 9.78 Å². The second-order valence-electron chi connectivity index (χ2n) is 5.91. The van der Waals surface area contributed by atoms with Gasteiger partial charge in [0.25, 0.3) is 5.91 Å². The highest BCUT2D eigenvalue weighted by Gasteiger charge is 2.23. The number of esters is 1. The van der Waals surface area contributed by atoms with Crippen molar-refractivity contribution in [3.8, 4) is 5.75 Å². The summed E-state index contributed by atoms with van der Waals surface area (Å²) in [5.41, 5.74) is 0.971. The number of benzene rings is 1. The second kappa shape index (κ2) is 6.61. The third-order valence-corrected chi connectivity index (χ3v) is 5.66. The lowest BCUT2D eigenvalue weighted by molar-refractivity contribution is -0.150. The molecule has 0 spiro atoms. The zero-order valence-corrected chi connectivity index (χ0v) is 15.2. The monoisotopic (exact) mass is 376 g/mol. The van der Waals surface area contributed by atoms with Crippen LogP contribution >= 0.6 is 22.7 Å². The van der Waals surface area contributed by atoms with Crippen molar-refractivity contribution in [2.75, 3.05) is 13.2 Å². The SMILES string of the molecule is Cc1nc2c(cc(OCC(=O)OCC(=O)NC3CC3)c3ccsc32)s1. The van der Waals surface area contributed by atoms with Gasteiger partial charge in [0.05, 0.1) is 19.9 Å². The molecule has 3 aromatic rings. The Balaban J connectivity index is 1.42. The van der Waals surface area contributed by atoms with Gasteiger partial charge in [-0.15, -0.1) is 22.7 Å². The average Bonchev–Trinajstić information content (AvgIpc) is 3.10. The number of rotatable bonds is 6. The number of fused-ring (bicyclic) bond motifs is 3. The van der Waals surface area contributed by atoms with Gasteiger partial charge in [-0.1, -0.05) is 0 Å². The van der Waals surface area contributed by atoms with E-state index in [0.717, 1.165) is 38.2 Å². The van der Waals surface area contributed by atoms with Gasteiger partial charge in [0, 0.05) is 17.5 Å². The lowest BCUT2D eigenvalue weighted by atomic mass is 10.2. The van der Waals surface area contributed by atoms with Crippen LogP contribution in [0.15, 0.2) is 17.5 Å². The summed E-state index contributed by atoms with van der Waals surface area (Å²) in [5.74, 6) is -0.195. The first-order valence-electron chi connectivity index (χ1n) is 7.95. The summed E-state index contributed by atoms with van der Waals surface area (Å²) in [7, 11) is 0. The lowest BCUT2D eigenvalue weighted by Gasteiger charge is -2.08. The first-order chi connectivity index (χ1) is 12.1. The van der Waals surface area contributed by atoms with E-state index in [4.69, 9.17) is 9.47 Å². The van der Waals surface area contributed by atoms with E-state index in [2.05, 4.69) is 10.3 Å². The van der Waals surface area contributed by atoms with Crippen molar-refractivity contribution >= 4 is 54.9 Å². The fourth-order valence-electron chi connectivity index (χ4n) is 2.53.